The SMILES string of the molecule is CCCc1cc(C(=O)N2CCC[C@@H](c3[nH]ncc3C)C2)no1. The van der Waals surface area contributed by atoms with Crippen molar-refractivity contribution in [2.24, 2.45) is 0 Å². The Balaban J connectivity index is 1.71. The Bertz CT molecular complexity index is 646. The number of piperidine rings is 1. The van der Waals surface area contributed by atoms with Crippen LogP contribution in [0.3, 0.4) is 0 Å². The molecule has 0 unspecified atom stereocenters. The average molecular weight is 302 g/mol. The van der Waals surface area contributed by atoms with Crippen LogP contribution in [-0.2, 0) is 6.42 Å². The second-order valence-electron chi connectivity index (χ2n) is 5.99. The predicted octanol–water partition coefficient (Wildman–Crippen LogP) is 2.68. The van der Waals surface area contributed by atoms with E-state index in [0.717, 1.165) is 49.2 Å². The lowest BCUT2D eigenvalue weighted by atomic mass is 9.93. The number of rotatable bonds is 4. The highest BCUT2D eigenvalue weighted by Gasteiger charge is 2.28. The lowest BCUT2D eigenvalue weighted by Crippen LogP contribution is -2.39. The number of carbonyl (C=O) groups is 1. The molecule has 0 aromatic carbocycles. The fourth-order valence-corrected chi connectivity index (χ4v) is 3.11. The molecule has 0 aliphatic carbocycles. The van der Waals surface area contributed by atoms with Crippen molar-refractivity contribution in [2.45, 2.75) is 45.4 Å². The van der Waals surface area contributed by atoms with E-state index in [1.807, 2.05) is 18.0 Å². The summed E-state index contributed by atoms with van der Waals surface area (Å²) < 4.78 is 5.22. The van der Waals surface area contributed by atoms with E-state index in [0.29, 0.717) is 18.2 Å². The quantitative estimate of drug-likeness (QED) is 0.942. The first-order valence-electron chi connectivity index (χ1n) is 7.93. The van der Waals surface area contributed by atoms with Crippen molar-refractivity contribution in [1.82, 2.24) is 20.3 Å². The van der Waals surface area contributed by atoms with E-state index < -0.39 is 0 Å². The number of amides is 1. The van der Waals surface area contributed by atoms with Gasteiger partial charge in [0.2, 0.25) is 0 Å². The number of nitrogens with zero attached hydrogens (tertiary/aromatic N) is 3. The van der Waals surface area contributed by atoms with Gasteiger partial charge in [-0.25, -0.2) is 0 Å². The molecular formula is C16H22N4O2. The van der Waals surface area contributed by atoms with E-state index in [1.165, 1.54) is 0 Å². The van der Waals surface area contributed by atoms with Gasteiger partial charge in [-0.2, -0.15) is 5.10 Å². The predicted molar refractivity (Wildman–Crippen MR) is 81.7 cm³/mol. The van der Waals surface area contributed by atoms with Gasteiger partial charge in [0, 0.05) is 37.2 Å². The van der Waals surface area contributed by atoms with Crippen LogP contribution in [0.4, 0.5) is 0 Å². The third-order valence-electron chi connectivity index (χ3n) is 4.26. The highest BCUT2D eigenvalue weighted by Crippen LogP contribution is 2.28. The number of hydrogen-bond donors (Lipinski definition) is 1. The minimum Gasteiger partial charge on any atom is -0.361 e. The zero-order valence-corrected chi connectivity index (χ0v) is 13.1. The lowest BCUT2D eigenvalue weighted by molar-refractivity contribution is 0.0695. The second kappa shape index (κ2) is 6.34. The van der Waals surface area contributed by atoms with Gasteiger partial charge in [0.05, 0.1) is 6.20 Å². The number of aromatic nitrogens is 3. The molecular weight excluding hydrogens is 280 g/mol. The fourth-order valence-electron chi connectivity index (χ4n) is 3.11. The van der Waals surface area contributed by atoms with Gasteiger partial charge in [0.1, 0.15) is 5.76 Å². The molecule has 0 bridgehead atoms. The lowest BCUT2D eigenvalue weighted by Gasteiger charge is -2.32. The van der Waals surface area contributed by atoms with E-state index in [2.05, 4.69) is 22.3 Å². The van der Waals surface area contributed by atoms with Gasteiger partial charge in [-0.3, -0.25) is 9.89 Å². The number of aryl methyl sites for hydroxylation is 2. The number of H-pyrrole nitrogens is 1. The van der Waals surface area contributed by atoms with Crippen molar-refractivity contribution in [2.75, 3.05) is 13.1 Å². The third-order valence-corrected chi connectivity index (χ3v) is 4.26. The fraction of sp³-hybridized carbons (Fsp3) is 0.562. The largest absolute Gasteiger partial charge is 0.361 e. The summed E-state index contributed by atoms with van der Waals surface area (Å²) >= 11 is 0. The highest BCUT2D eigenvalue weighted by atomic mass is 16.5. The van der Waals surface area contributed by atoms with E-state index >= 15 is 0 Å². The summed E-state index contributed by atoms with van der Waals surface area (Å²) in [7, 11) is 0. The van der Waals surface area contributed by atoms with Crippen molar-refractivity contribution >= 4 is 5.91 Å². The summed E-state index contributed by atoms with van der Waals surface area (Å²) in [4.78, 5) is 14.5. The van der Waals surface area contributed by atoms with E-state index in [9.17, 15) is 4.79 Å². The smallest absolute Gasteiger partial charge is 0.276 e. The summed E-state index contributed by atoms with van der Waals surface area (Å²) in [5.41, 5.74) is 2.72. The maximum Gasteiger partial charge on any atom is 0.276 e. The molecule has 1 amide bonds. The van der Waals surface area contributed by atoms with Crippen molar-refractivity contribution in [1.29, 1.82) is 0 Å². The van der Waals surface area contributed by atoms with Crippen LogP contribution in [0.15, 0.2) is 16.8 Å². The van der Waals surface area contributed by atoms with Crippen LogP contribution < -0.4 is 0 Å². The molecule has 118 valence electrons. The van der Waals surface area contributed by atoms with Crippen LogP contribution in [0, 0.1) is 6.92 Å². The normalized spacial score (nSPS) is 18.6. The average Bonchev–Trinajstić information content (AvgIpc) is 3.16. The maximum atomic E-state index is 12.6. The minimum atomic E-state index is -0.0343. The Morgan fingerprint density at radius 1 is 1.55 bits per heavy atom. The molecule has 1 fully saturated rings. The van der Waals surface area contributed by atoms with Crippen LogP contribution in [0.1, 0.15) is 59.6 Å². The van der Waals surface area contributed by atoms with Crippen molar-refractivity contribution < 1.29 is 9.32 Å². The molecule has 1 aliphatic heterocycles. The molecule has 1 saturated heterocycles. The number of nitrogens with one attached hydrogen (secondary N) is 1. The monoisotopic (exact) mass is 302 g/mol. The number of aromatic amines is 1. The Morgan fingerprint density at radius 2 is 2.41 bits per heavy atom. The van der Waals surface area contributed by atoms with Gasteiger partial charge in [-0.15, -0.1) is 0 Å². The van der Waals surface area contributed by atoms with Crippen LogP contribution in [-0.4, -0.2) is 39.3 Å². The molecule has 1 atom stereocenters. The summed E-state index contributed by atoms with van der Waals surface area (Å²) in [6, 6.07) is 1.77. The second-order valence-corrected chi connectivity index (χ2v) is 5.99. The molecule has 0 saturated carbocycles. The molecule has 6 nitrogen and oxygen atoms in total. The van der Waals surface area contributed by atoms with Crippen LogP contribution in [0.2, 0.25) is 0 Å². The Kier molecular flexibility index (Phi) is 4.27. The van der Waals surface area contributed by atoms with Gasteiger partial charge >= 0.3 is 0 Å². The van der Waals surface area contributed by atoms with Gasteiger partial charge in [-0.05, 0) is 31.7 Å². The molecule has 1 aliphatic rings. The summed E-state index contributed by atoms with van der Waals surface area (Å²) in [5.74, 6) is 1.07. The molecule has 0 spiro atoms. The molecule has 2 aromatic rings. The van der Waals surface area contributed by atoms with Crippen molar-refractivity contribution in [3.05, 3.63) is 35.0 Å². The van der Waals surface area contributed by atoms with Crippen LogP contribution in [0.25, 0.3) is 0 Å². The summed E-state index contributed by atoms with van der Waals surface area (Å²) in [5, 5.41) is 11.1. The highest BCUT2D eigenvalue weighted by molar-refractivity contribution is 5.92. The Hall–Kier alpha value is -2.11. The zero-order valence-electron chi connectivity index (χ0n) is 13.1. The maximum absolute atomic E-state index is 12.6. The molecule has 1 N–H and O–H groups in total. The first kappa shape index (κ1) is 14.8. The molecule has 22 heavy (non-hydrogen) atoms. The summed E-state index contributed by atoms with van der Waals surface area (Å²) in [6.07, 6.45) is 5.70. The molecule has 2 aromatic heterocycles. The topological polar surface area (TPSA) is 75.0 Å². The third kappa shape index (κ3) is 2.91. The Morgan fingerprint density at radius 3 is 3.14 bits per heavy atom. The standard InChI is InChI=1S/C16H22N4O2/c1-3-5-13-8-14(19-22-13)16(21)20-7-4-6-12(10-20)15-11(2)9-17-18-15/h8-9,12H,3-7,10H2,1-2H3,(H,17,18)/t12-/m1/s1. The van der Waals surface area contributed by atoms with Crippen LogP contribution >= 0.6 is 0 Å². The molecule has 3 heterocycles. The van der Waals surface area contributed by atoms with E-state index in [-0.39, 0.29) is 5.91 Å². The van der Waals surface area contributed by atoms with Gasteiger partial charge in [-0.1, -0.05) is 12.1 Å². The molecule has 6 heteroatoms. The number of likely N-dealkylation sites (tertiary alicyclic amines) is 1. The summed E-state index contributed by atoms with van der Waals surface area (Å²) in [6.45, 7) is 5.61. The first-order chi connectivity index (χ1) is 10.7. The van der Waals surface area contributed by atoms with E-state index in [1.54, 1.807) is 6.07 Å². The minimum absolute atomic E-state index is 0.0343. The molecule has 0 radical (unpaired) electrons. The van der Waals surface area contributed by atoms with Crippen LogP contribution in [0.5, 0.6) is 0 Å². The Labute approximate surface area is 129 Å². The zero-order chi connectivity index (χ0) is 15.5. The van der Waals surface area contributed by atoms with Crippen molar-refractivity contribution in [3.63, 3.8) is 0 Å². The van der Waals surface area contributed by atoms with Gasteiger partial charge in [0.25, 0.3) is 5.91 Å². The van der Waals surface area contributed by atoms with Crippen molar-refractivity contribution in [3.8, 4) is 0 Å². The van der Waals surface area contributed by atoms with E-state index in [4.69, 9.17) is 4.52 Å². The first-order valence-corrected chi connectivity index (χ1v) is 7.93. The van der Waals surface area contributed by atoms with Gasteiger partial charge in [0.15, 0.2) is 5.69 Å². The molecule has 3 rings (SSSR count). The number of hydrogen-bond acceptors (Lipinski definition) is 4. The number of carbonyl (C=O) groups excluding carboxylic acids is 1. The van der Waals surface area contributed by atoms with Gasteiger partial charge < -0.3 is 9.42 Å².